The summed E-state index contributed by atoms with van der Waals surface area (Å²) in [5.41, 5.74) is 2.87. The summed E-state index contributed by atoms with van der Waals surface area (Å²) in [5, 5.41) is 15.0. The van der Waals surface area contributed by atoms with Crippen molar-refractivity contribution in [3.8, 4) is 0 Å². The number of aromatic nitrogens is 2. The lowest BCUT2D eigenvalue weighted by molar-refractivity contribution is -0.120. The second kappa shape index (κ2) is 8.56. The molecule has 0 bridgehead atoms. The number of thioether (sulfide) groups is 1. The Morgan fingerprint density at radius 2 is 2.11 bits per heavy atom. The summed E-state index contributed by atoms with van der Waals surface area (Å²) < 4.78 is 23.7. The van der Waals surface area contributed by atoms with Gasteiger partial charge in [0.1, 0.15) is 0 Å². The van der Waals surface area contributed by atoms with E-state index in [0.717, 1.165) is 16.8 Å². The molecule has 1 fully saturated rings. The first-order valence-corrected chi connectivity index (χ1v) is 12.6. The lowest BCUT2D eigenvalue weighted by Gasteiger charge is -2.14. The van der Waals surface area contributed by atoms with Crippen molar-refractivity contribution in [3.05, 3.63) is 28.3 Å². The van der Waals surface area contributed by atoms with E-state index in [0.29, 0.717) is 20.9 Å². The smallest absolute Gasteiger partial charge is 0.233 e. The van der Waals surface area contributed by atoms with Crippen LogP contribution in [0.4, 0.5) is 10.8 Å². The third-order valence-electron chi connectivity index (χ3n) is 4.30. The second-order valence-electron chi connectivity index (χ2n) is 6.81. The number of carbonyl (C=O) groups is 1. The largest absolute Gasteiger partial charge is 0.351 e. The summed E-state index contributed by atoms with van der Waals surface area (Å²) in [6, 6.07) is 3.60. The van der Waals surface area contributed by atoms with Crippen molar-refractivity contribution in [2.75, 3.05) is 16.8 Å². The molecule has 1 aromatic heterocycles. The van der Waals surface area contributed by atoms with Gasteiger partial charge in [-0.1, -0.05) is 40.8 Å². The molecule has 0 aliphatic carbocycles. The van der Waals surface area contributed by atoms with Gasteiger partial charge in [0.25, 0.3) is 0 Å². The average Bonchev–Trinajstić information content (AvgIpc) is 3.16. The van der Waals surface area contributed by atoms with Crippen LogP contribution in [0.25, 0.3) is 0 Å². The fraction of sp³-hybridized carbons (Fsp3) is 0.471. The van der Waals surface area contributed by atoms with Crippen LogP contribution in [0.2, 0.25) is 5.02 Å². The highest BCUT2D eigenvalue weighted by Crippen LogP contribution is 2.34. The predicted molar refractivity (Wildman–Crippen MR) is 115 cm³/mol. The van der Waals surface area contributed by atoms with Crippen molar-refractivity contribution in [3.63, 3.8) is 0 Å². The number of nitrogens with zero attached hydrogens (tertiary/aromatic N) is 2. The molecule has 1 amide bonds. The molecule has 152 valence electrons. The second-order valence-corrected chi connectivity index (χ2v) is 12.0. The highest BCUT2D eigenvalue weighted by atomic mass is 35.5. The number of halogens is 1. The Kier molecular flexibility index (Phi) is 6.53. The van der Waals surface area contributed by atoms with E-state index in [1.165, 1.54) is 23.1 Å². The van der Waals surface area contributed by atoms with Crippen LogP contribution >= 0.6 is 34.7 Å². The number of anilines is 2. The summed E-state index contributed by atoms with van der Waals surface area (Å²) in [4.78, 5) is 12.3. The summed E-state index contributed by atoms with van der Waals surface area (Å²) in [5.74, 6) is -0.0554. The lowest BCUT2D eigenvalue weighted by Crippen LogP contribution is -2.39. The van der Waals surface area contributed by atoms with Gasteiger partial charge in [-0.2, -0.15) is 0 Å². The number of hydrogen-bond acceptors (Lipinski definition) is 8. The molecule has 2 aromatic rings. The molecule has 28 heavy (non-hydrogen) atoms. The van der Waals surface area contributed by atoms with E-state index in [1.807, 2.05) is 26.0 Å². The van der Waals surface area contributed by atoms with Gasteiger partial charge in [-0.25, -0.2) is 8.42 Å². The molecule has 2 unspecified atom stereocenters. The third kappa shape index (κ3) is 5.37. The molecule has 2 atom stereocenters. The summed E-state index contributed by atoms with van der Waals surface area (Å²) in [6.45, 7) is 5.71. The number of sulfone groups is 1. The Morgan fingerprint density at radius 3 is 2.75 bits per heavy atom. The van der Waals surface area contributed by atoms with Crippen molar-refractivity contribution < 1.29 is 13.2 Å². The van der Waals surface area contributed by atoms with Gasteiger partial charge in [-0.3, -0.25) is 4.79 Å². The Balaban J connectivity index is 1.59. The minimum absolute atomic E-state index is 0.0136. The maximum atomic E-state index is 12.3. The molecule has 0 saturated carbocycles. The van der Waals surface area contributed by atoms with Crippen LogP contribution < -0.4 is 10.6 Å². The molecule has 0 radical (unpaired) electrons. The molecule has 2 heterocycles. The molecule has 2 N–H and O–H groups in total. The number of hydrogen-bond donors (Lipinski definition) is 2. The third-order valence-corrected chi connectivity index (χ3v) is 8.38. The maximum absolute atomic E-state index is 12.3. The van der Waals surface area contributed by atoms with Crippen molar-refractivity contribution in [1.82, 2.24) is 15.5 Å². The Labute approximate surface area is 177 Å². The number of rotatable bonds is 6. The Hall–Kier alpha value is -1.36. The van der Waals surface area contributed by atoms with E-state index < -0.39 is 15.1 Å². The molecule has 11 heteroatoms. The topological polar surface area (TPSA) is 101 Å². The zero-order chi connectivity index (χ0) is 20.5. The summed E-state index contributed by atoms with van der Waals surface area (Å²) in [7, 11) is -3.02. The molecular weight excluding hydrogens is 440 g/mol. The number of carbonyl (C=O) groups excluding carboxylic acids is 1. The van der Waals surface area contributed by atoms with Crippen LogP contribution in [0.15, 0.2) is 16.5 Å². The van der Waals surface area contributed by atoms with Crippen LogP contribution in [0.5, 0.6) is 0 Å². The van der Waals surface area contributed by atoms with Crippen LogP contribution in [0, 0.1) is 13.8 Å². The fourth-order valence-electron chi connectivity index (χ4n) is 2.92. The van der Waals surface area contributed by atoms with E-state index in [9.17, 15) is 13.2 Å². The monoisotopic (exact) mass is 460 g/mol. The normalized spacial score (nSPS) is 19.4. The van der Waals surface area contributed by atoms with Crippen molar-refractivity contribution in [1.29, 1.82) is 0 Å². The molecular formula is C17H21ClN4O3S3. The highest BCUT2D eigenvalue weighted by Gasteiger charge is 2.30. The van der Waals surface area contributed by atoms with Crippen LogP contribution in [0.1, 0.15) is 24.5 Å². The van der Waals surface area contributed by atoms with Gasteiger partial charge < -0.3 is 10.6 Å². The maximum Gasteiger partial charge on any atom is 0.233 e. The van der Waals surface area contributed by atoms with Gasteiger partial charge in [0, 0.05) is 6.04 Å². The Bertz CT molecular complexity index is 970. The van der Waals surface area contributed by atoms with Crippen molar-refractivity contribution >= 4 is 61.3 Å². The number of amides is 1. The minimum atomic E-state index is -3.02. The van der Waals surface area contributed by atoms with Crippen molar-refractivity contribution in [2.24, 2.45) is 0 Å². The predicted octanol–water partition coefficient (Wildman–Crippen LogP) is 3.34. The first kappa shape index (κ1) is 21.4. The van der Waals surface area contributed by atoms with Crippen LogP contribution in [-0.2, 0) is 14.6 Å². The van der Waals surface area contributed by atoms with E-state index in [-0.39, 0.29) is 23.5 Å². The Morgan fingerprint density at radius 1 is 1.36 bits per heavy atom. The highest BCUT2D eigenvalue weighted by molar-refractivity contribution is 8.02. The molecule has 3 rings (SSSR count). The number of aryl methyl sites for hydroxylation is 2. The number of nitrogens with one attached hydrogen (secondary N) is 2. The van der Waals surface area contributed by atoms with E-state index in [2.05, 4.69) is 20.8 Å². The summed E-state index contributed by atoms with van der Waals surface area (Å²) in [6.07, 6.45) is 0.467. The summed E-state index contributed by atoms with van der Waals surface area (Å²) >= 11 is 8.93. The van der Waals surface area contributed by atoms with Gasteiger partial charge in [0.05, 0.1) is 27.5 Å². The minimum Gasteiger partial charge on any atom is -0.351 e. The lowest BCUT2D eigenvalue weighted by atomic mass is 10.1. The SMILES string of the molecule is Cc1cc(C)c(Nc2nnc(SC(C)C(=O)NC3CCS(=O)(=O)C3)s2)c(Cl)c1. The standard InChI is InChI=1S/C17H21ClN4O3S3/c1-9-6-10(2)14(13(18)7-9)20-16-21-22-17(27-16)26-11(3)15(23)19-12-4-5-28(24,25)8-12/h6-7,11-12H,4-5,8H2,1-3H3,(H,19,23)(H,20,21). The molecule has 1 aromatic carbocycles. The van der Waals surface area contributed by atoms with Crippen LogP contribution in [-0.4, -0.2) is 47.3 Å². The zero-order valence-corrected chi connectivity index (χ0v) is 18.9. The van der Waals surface area contributed by atoms with E-state index in [4.69, 9.17) is 11.6 Å². The fourth-order valence-corrected chi connectivity index (χ4v) is 6.87. The quantitative estimate of drug-likeness (QED) is 0.637. The molecule has 1 saturated heterocycles. The molecule has 0 spiro atoms. The van der Waals surface area contributed by atoms with Crippen LogP contribution in [0.3, 0.4) is 0 Å². The van der Waals surface area contributed by atoms with Gasteiger partial charge in [0.15, 0.2) is 14.2 Å². The van der Waals surface area contributed by atoms with Gasteiger partial charge in [-0.15, -0.1) is 10.2 Å². The number of benzene rings is 1. The van der Waals surface area contributed by atoms with E-state index >= 15 is 0 Å². The van der Waals surface area contributed by atoms with E-state index in [1.54, 1.807) is 6.92 Å². The zero-order valence-electron chi connectivity index (χ0n) is 15.7. The van der Waals surface area contributed by atoms with Gasteiger partial charge in [-0.05, 0) is 44.4 Å². The van der Waals surface area contributed by atoms with Crippen molar-refractivity contribution in [2.45, 2.75) is 42.8 Å². The van der Waals surface area contributed by atoms with Gasteiger partial charge >= 0.3 is 0 Å². The molecule has 1 aliphatic rings. The first-order valence-electron chi connectivity index (χ1n) is 8.67. The first-order chi connectivity index (χ1) is 13.1. The molecule has 7 nitrogen and oxygen atoms in total. The average molecular weight is 461 g/mol. The molecule has 1 aliphatic heterocycles. The van der Waals surface area contributed by atoms with Gasteiger partial charge in [0.2, 0.25) is 11.0 Å².